The summed E-state index contributed by atoms with van der Waals surface area (Å²) >= 11 is 0. The number of hydrogen-bond donors (Lipinski definition) is 1. The Morgan fingerprint density at radius 2 is 1.83 bits per heavy atom. The van der Waals surface area contributed by atoms with E-state index in [1.807, 2.05) is 24.3 Å². The maximum Gasteiger partial charge on any atom is 0.174 e. The Morgan fingerprint density at radius 3 is 2.52 bits per heavy atom. The summed E-state index contributed by atoms with van der Waals surface area (Å²) < 4.78 is 5.65. The smallest absolute Gasteiger partial charge is 0.174 e. The topological polar surface area (TPSA) is 59.0 Å². The average molecular weight is 302 g/mol. The Morgan fingerprint density at radius 1 is 1.04 bits per heavy atom. The van der Waals surface area contributed by atoms with E-state index in [2.05, 4.69) is 43.3 Å². The number of aryl methyl sites for hydroxylation is 1. The van der Waals surface area contributed by atoms with Crippen LogP contribution in [0.25, 0.3) is 21.9 Å². The van der Waals surface area contributed by atoms with Crippen LogP contribution in [-0.2, 0) is 6.54 Å². The normalized spacial score (nSPS) is 10.5. The third-order valence-electron chi connectivity index (χ3n) is 3.91. The van der Waals surface area contributed by atoms with Gasteiger partial charge < -0.3 is 10.5 Å². The van der Waals surface area contributed by atoms with E-state index in [0.717, 1.165) is 33.2 Å². The van der Waals surface area contributed by atoms with Crippen LogP contribution in [0.4, 0.5) is 0 Å². The van der Waals surface area contributed by atoms with E-state index in [9.17, 15) is 0 Å². The summed E-state index contributed by atoms with van der Waals surface area (Å²) in [7, 11) is 0. The first-order valence-corrected chi connectivity index (χ1v) is 7.55. The van der Waals surface area contributed by atoms with Gasteiger partial charge in [0.1, 0.15) is 11.8 Å². The lowest BCUT2D eigenvalue weighted by Gasteiger charge is -2.14. The van der Waals surface area contributed by atoms with Crippen LogP contribution < -0.4 is 10.5 Å². The first-order valence-electron chi connectivity index (χ1n) is 7.55. The van der Waals surface area contributed by atoms with Gasteiger partial charge in [0.15, 0.2) is 6.61 Å². The molecule has 3 aromatic carbocycles. The molecule has 0 atom stereocenters. The first-order chi connectivity index (χ1) is 11.2. The zero-order valence-electron chi connectivity index (χ0n) is 13.0. The van der Waals surface area contributed by atoms with E-state index < -0.39 is 0 Å². The van der Waals surface area contributed by atoms with Crippen LogP contribution in [0, 0.1) is 18.3 Å². The predicted molar refractivity (Wildman–Crippen MR) is 93.1 cm³/mol. The molecule has 0 unspecified atom stereocenters. The minimum atomic E-state index is 0.0330. The van der Waals surface area contributed by atoms with Crippen molar-refractivity contribution in [1.29, 1.82) is 5.26 Å². The molecule has 3 nitrogen and oxygen atoms in total. The fraction of sp³-hybridized carbons (Fsp3) is 0.150. The Hall–Kier alpha value is -2.83. The summed E-state index contributed by atoms with van der Waals surface area (Å²) in [6.07, 6.45) is 0. The van der Waals surface area contributed by atoms with Gasteiger partial charge in [-0.3, -0.25) is 0 Å². The number of benzene rings is 3. The quantitative estimate of drug-likeness (QED) is 0.786. The molecule has 0 aromatic heterocycles. The first kappa shape index (κ1) is 15.1. The van der Waals surface area contributed by atoms with Gasteiger partial charge in [-0.2, -0.15) is 5.26 Å². The molecule has 0 amide bonds. The van der Waals surface area contributed by atoms with Crippen molar-refractivity contribution in [2.24, 2.45) is 5.73 Å². The zero-order valence-corrected chi connectivity index (χ0v) is 13.0. The van der Waals surface area contributed by atoms with Crippen LogP contribution in [0.3, 0.4) is 0 Å². The van der Waals surface area contributed by atoms with Gasteiger partial charge in [-0.25, -0.2) is 0 Å². The van der Waals surface area contributed by atoms with Crippen molar-refractivity contribution in [2.45, 2.75) is 13.5 Å². The van der Waals surface area contributed by atoms with Crippen LogP contribution in [-0.4, -0.2) is 6.61 Å². The third-order valence-corrected chi connectivity index (χ3v) is 3.91. The van der Waals surface area contributed by atoms with Crippen molar-refractivity contribution in [1.82, 2.24) is 0 Å². The molecule has 3 heteroatoms. The molecule has 0 spiro atoms. The summed E-state index contributed by atoms with van der Waals surface area (Å²) in [4.78, 5) is 0. The summed E-state index contributed by atoms with van der Waals surface area (Å²) in [5, 5.41) is 11.0. The maximum atomic E-state index is 8.82. The number of ether oxygens (including phenoxy) is 1. The Labute approximate surface area is 135 Å². The second-order valence-electron chi connectivity index (χ2n) is 5.51. The molecule has 0 aliphatic rings. The van der Waals surface area contributed by atoms with E-state index in [4.69, 9.17) is 15.7 Å². The standard InChI is InChI=1S/C20H18N2O/c1-14-2-5-16(6-3-14)20-18-8-4-15(13-22)12-17(18)7-9-19(20)23-11-10-21/h2-9,12H,11,13,22H2,1H3. The van der Waals surface area contributed by atoms with Crippen molar-refractivity contribution in [3.05, 3.63) is 65.7 Å². The summed E-state index contributed by atoms with van der Waals surface area (Å²) in [6, 6.07) is 20.5. The summed E-state index contributed by atoms with van der Waals surface area (Å²) in [5.41, 5.74) is 10.1. The van der Waals surface area contributed by atoms with Crippen molar-refractivity contribution in [3.63, 3.8) is 0 Å². The molecule has 0 heterocycles. The maximum absolute atomic E-state index is 8.82. The zero-order chi connectivity index (χ0) is 16.2. The molecule has 0 radical (unpaired) electrons. The number of fused-ring (bicyclic) bond motifs is 1. The molecule has 23 heavy (non-hydrogen) atoms. The van der Waals surface area contributed by atoms with Gasteiger partial charge in [0.05, 0.1) is 0 Å². The SMILES string of the molecule is Cc1ccc(-c2c(OCC#N)ccc3cc(CN)ccc23)cc1. The molecule has 0 aliphatic heterocycles. The highest BCUT2D eigenvalue weighted by Crippen LogP contribution is 2.37. The molecule has 0 saturated heterocycles. The number of nitrogens with two attached hydrogens (primary N) is 1. The molecular formula is C20H18N2O. The fourth-order valence-corrected chi connectivity index (χ4v) is 2.73. The van der Waals surface area contributed by atoms with E-state index in [-0.39, 0.29) is 6.61 Å². The molecule has 0 bridgehead atoms. The van der Waals surface area contributed by atoms with Gasteiger partial charge in [-0.1, -0.05) is 48.0 Å². The van der Waals surface area contributed by atoms with Crippen LogP contribution in [0.1, 0.15) is 11.1 Å². The van der Waals surface area contributed by atoms with Crippen molar-refractivity contribution in [3.8, 4) is 22.9 Å². The second-order valence-corrected chi connectivity index (χ2v) is 5.51. The lowest BCUT2D eigenvalue weighted by atomic mass is 9.95. The van der Waals surface area contributed by atoms with Crippen LogP contribution in [0.2, 0.25) is 0 Å². The molecule has 2 N–H and O–H groups in total. The lowest BCUT2D eigenvalue weighted by molar-refractivity contribution is 0.370. The number of rotatable bonds is 4. The lowest BCUT2D eigenvalue weighted by Crippen LogP contribution is -1.98. The second kappa shape index (κ2) is 6.51. The molecule has 0 aliphatic carbocycles. The van der Waals surface area contributed by atoms with Crippen LogP contribution in [0.15, 0.2) is 54.6 Å². The molecular weight excluding hydrogens is 284 g/mol. The van der Waals surface area contributed by atoms with E-state index in [0.29, 0.717) is 6.54 Å². The number of nitriles is 1. The molecule has 3 aromatic rings. The number of nitrogens with zero attached hydrogens (tertiary/aromatic N) is 1. The highest BCUT2D eigenvalue weighted by molar-refractivity contribution is 6.00. The van der Waals surface area contributed by atoms with Gasteiger partial charge in [0.2, 0.25) is 0 Å². The minimum absolute atomic E-state index is 0.0330. The van der Waals surface area contributed by atoms with Crippen LogP contribution >= 0.6 is 0 Å². The summed E-state index contributed by atoms with van der Waals surface area (Å²) in [5.74, 6) is 0.725. The van der Waals surface area contributed by atoms with E-state index >= 15 is 0 Å². The van der Waals surface area contributed by atoms with E-state index in [1.165, 1.54) is 5.56 Å². The Kier molecular flexibility index (Phi) is 4.27. The summed E-state index contributed by atoms with van der Waals surface area (Å²) in [6.45, 7) is 2.61. The van der Waals surface area contributed by atoms with Crippen molar-refractivity contribution < 1.29 is 4.74 Å². The minimum Gasteiger partial charge on any atom is -0.478 e. The highest BCUT2D eigenvalue weighted by Gasteiger charge is 2.12. The molecule has 3 rings (SSSR count). The molecule has 0 fully saturated rings. The third kappa shape index (κ3) is 3.03. The highest BCUT2D eigenvalue weighted by atomic mass is 16.5. The average Bonchev–Trinajstić information content (AvgIpc) is 2.59. The van der Waals surface area contributed by atoms with Gasteiger partial charge >= 0.3 is 0 Å². The monoisotopic (exact) mass is 302 g/mol. The van der Waals surface area contributed by atoms with Crippen molar-refractivity contribution in [2.75, 3.05) is 6.61 Å². The Bertz CT molecular complexity index is 877. The van der Waals surface area contributed by atoms with Gasteiger partial charge in [-0.05, 0) is 41.0 Å². The largest absolute Gasteiger partial charge is 0.478 e. The predicted octanol–water partition coefficient (Wildman–Crippen LogP) is 4.18. The molecule has 0 saturated carbocycles. The fourth-order valence-electron chi connectivity index (χ4n) is 2.73. The van der Waals surface area contributed by atoms with Crippen molar-refractivity contribution >= 4 is 10.8 Å². The van der Waals surface area contributed by atoms with Gasteiger partial charge in [-0.15, -0.1) is 0 Å². The van der Waals surface area contributed by atoms with Gasteiger partial charge in [0.25, 0.3) is 0 Å². The van der Waals surface area contributed by atoms with Crippen LogP contribution in [0.5, 0.6) is 5.75 Å². The van der Waals surface area contributed by atoms with E-state index in [1.54, 1.807) is 0 Å². The number of hydrogen-bond acceptors (Lipinski definition) is 3. The van der Waals surface area contributed by atoms with Gasteiger partial charge in [0, 0.05) is 12.1 Å². The Balaban J connectivity index is 2.24. The molecule has 114 valence electrons.